The zero-order valence-electron chi connectivity index (χ0n) is 15.3. The van der Waals surface area contributed by atoms with Crippen LogP contribution >= 0.6 is 27.7 Å². The quantitative estimate of drug-likeness (QED) is 0.644. The molecule has 0 saturated carbocycles. The Morgan fingerprint density at radius 1 is 1.14 bits per heavy atom. The van der Waals surface area contributed by atoms with E-state index >= 15 is 0 Å². The summed E-state index contributed by atoms with van der Waals surface area (Å²) in [6, 6.07) is 13.8. The van der Waals surface area contributed by atoms with Gasteiger partial charge in [-0.2, -0.15) is 11.8 Å². The molecule has 2 aliphatic heterocycles. The van der Waals surface area contributed by atoms with Crippen LogP contribution in [0.1, 0.15) is 6.42 Å². The summed E-state index contributed by atoms with van der Waals surface area (Å²) in [6.07, 6.45) is 0.597. The minimum absolute atomic E-state index is 0.311. The Balaban J connectivity index is 1.34. The molecular weight excluding hydrogens is 458 g/mol. The van der Waals surface area contributed by atoms with Crippen molar-refractivity contribution in [2.24, 2.45) is 0 Å². The van der Waals surface area contributed by atoms with Crippen LogP contribution in [-0.2, 0) is 9.59 Å². The number of hydrogen-bond donors (Lipinski definition) is 2. The Morgan fingerprint density at radius 3 is 2.41 bits per heavy atom. The molecule has 1 atom stereocenters. The fraction of sp³-hybridized carbons (Fsp3) is 0.250. The summed E-state index contributed by atoms with van der Waals surface area (Å²) in [6.45, 7) is -0.311. The summed E-state index contributed by atoms with van der Waals surface area (Å²) in [5.74, 6) is 1.94. The van der Waals surface area contributed by atoms with E-state index in [9.17, 15) is 14.4 Å². The average molecular weight is 476 g/mol. The Morgan fingerprint density at radius 2 is 1.79 bits per heavy atom. The second-order valence-corrected chi connectivity index (χ2v) is 8.86. The molecule has 2 aromatic rings. The molecule has 2 N–H and O–H groups in total. The maximum Gasteiger partial charge on any atom is 0.325 e. The predicted octanol–water partition coefficient (Wildman–Crippen LogP) is 3.61. The highest BCUT2D eigenvalue weighted by Crippen LogP contribution is 2.33. The van der Waals surface area contributed by atoms with E-state index in [0.717, 1.165) is 15.1 Å². The summed E-state index contributed by atoms with van der Waals surface area (Å²) >= 11 is 5.00. The number of ether oxygens (including phenoxy) is 1. The highest BCUT2D eigenvalue weighted by atomic mass is 79.9. The Labute approximate surface area is 180 Å². The molecule has 2 aliphatic rings. The first kappa shape index (κ1) is 19.8. The molecule has 2 saturated heterocycles. The number of benzene rings is 2. The first-order valence-corrected chi connectivity index (χ1v) is 11.0. The third-order valence-corrected chi connectivity index (χ3v) is 6.48. The smallest absolute Gasteiger partial charge is 0.325 e. The zero-order chi connectivity index (χ0) is 20.4. The zero-order valence-corrected chi connectivity index (χ0v) is 17.7. The van der Waals surface area contributed by atoms with Crippen molar-refractivity contribution in [1.82, 2.24) is 10.2 Å². The lowest BCUT2D eigenvalue weighted by molar-refractivity contribution is -0.133. The van der Waals surface area contributed by atoms with Crippen LogP contribution in [0.5, 0.6) is 11.5 Å². The van der Waals surface area contributed by atoms with E-state index in [1.54, 1.807) is 36.0 Å². The third-order valence-electron chi connectivity index (χ3n) is 4.76. The van der Waals surface area contributed by atoms with Crippen molar-refractivity contribution in [2.75, 3.05) is 23.4 Å². The van der Waals surface area contributed by atoms with Crippen LogP contribution in [0.4, 0.5) is 10.5 Å². The molecule has 2 fully saturated rings. The van der Waals surface area contributed by atoms with Crippen LogP contribution in [0.25, 0.3) is 0 Å². The van der Waals surface area contributed by atoms with Crippen LogP contribution < -0.4 is 15.4 Å². The maximum absolute atomic E-state index is 12.6. The molecule has 7 nitrogen and oxygen atoms in total. The number of halogens is 1. The fourth-order valence-corrected chi connectivity index (χ4v) is 4.83. The normalized spacial score (nSPS) is 20.8. The van der Waals surface area contributed by atoms with Crippen LogP contribution in [-0.4, -0.2) is 46.3 Å². The maximum atomic E-state index is 12.6. The summed E-state index contributed by atoms with van der Waals surface area (Å²) in [4.78, 5) is 38.1. The number of carbonyl (C=O) groups is 3. The van der Waals surface area contributed by atoms with E-state index in [2.05, 4.69) is 26.6 Å². The molecule has 0 bridgehead atoms. The molecule has 29 heavy (non-hydrogen) atoms. The molecule has 1 unspecified atom stereocenters. The van der Waals surface area contributed by atoms with Gasteiger partial charge in [-0.15, -0.1) is 0 Å². The van der Waals surface area contributed by atoms with Crippen molar-refractivity contribution in [3.8, 4) is 11.5 Å². The van der Waals surface area contributed by atoms with Crippen molar-refractivity contribution >= 4 is 51.2 Å². The molecule has 4 amide bonds. The summed E-state index contributed by atoms with van der Waals surface area (Å²) in [7, 11) is 0. The van der Waals surface area contributed by atoms with Crippen LogP contribution in [0.3, 0.4) is 0 Å². The van der Waals surface area contributed by atoms with Gasteiger partial charge in [0.05, 0.1) is 0 Å². The Bertz CT molecular complexity index is 943. The van der Waals surface area contributed by atoms with Gasteiger partial charge in [-0.1, -0.05) is 15.9 Å². The molecular formula is C20H18BrN3O4S. The molecule has 2 aromatic carbocycles. The van der Waals surface area contributed by atoms with Gasteiger partial charge in [0, 0.05) is 15.9 Å². The van der Waals surface area contributed by atoms with E-state index in [1.807, 2.05) is 24.3 Å². The van der Waals surface area contributed by atoms with Gasteiger partial charge in [0.1, 0.15) is 23.6 Å². The molecule has 0 radical (unpaired) electrons. The van der Waals surface area contributed by atoms with Gasteiger partial charge >= 0.3 is 6.03 Å². The van der Waals surface area contributed by atoms with Gasteiger partial charge in [0.2, 0.25) is 5.91 Å². The number of carbonyl (C=O) groups excluding carboxylic acids is 3. The highest BCUT2D eigenvalue weighted by molar-refractivity contribution is 9.10. The lowest BCUT2D eigenvalue weighted by atomic mass is 9.99. The van der Waals surface area contributed by atoms with Crippen LogP contribution in [0.2, 0.25) is 0 Å². The van der Waals surface area contributed by atoms with Crippen molar-refractivity contribution in [3.05, 3.63) is 53.0 Å². The van der Waals surface area contributed by atoms with Crippen LogP contribution in [0.15, 0.2) is 53.0 Å². The number of thioether (sulfide) groups is 1. The first-order valence-electron chi connectivity index (χ1n) is 9.00. The standard InChI is InChI=1S/C20H18BrN3O4S/c21-13-1-5-15(6-2-13)28-16-7-3-14(4-8-16)22-17(25)11-24-18(26)20(23-19(24)27)9-10-29-12-20/h1-8H,9-12H2,(H,22,25)(H,23,27). The molecule has 4 rings (SSSR count). The molecule has 1 spiro atoms. The van der Waals surface area contributed by atoms with Crippen molar-refractivity contribution in [3.63, 3.8) is 0 Å². The lowest BCUT2D eigenvalue weighted by Gasteiger charge is -2.19. The number of imide groups is 1. The minimum Gasteiger partial charge on any atom is -0.457 e. The second kappa shape index (κ2) is 8.08. The van der Waals surface area contributed by atoms with Gasteiger partial charge < -0.3 is 15.4 Å². The van der Waals surface area contributed by atoms with E-state index in [1.165, 1.54) is 0 Å². The van der Waals surface area contributed by atoms with Crippen LogP contribution in [0, 0.1) is 0 Å². The molecule has 0 aliphatic carbocycles. The number of urea groups is 1. The highest BCUT2D eigenvalue weighted by Gasteiger charge is 2.53. The number of amides is 4. The monoisotopic (exact) mass is 475 g/mol. The van der Waals surface area contributed by atoms with Gasteiger partial charge in [-0.05, 0) is 60.7 Å². The molecule has 2 heterocycles. The number of anilines is 1. The summed E-state index contributed by atoms with van der Waals surface area (Å²) in [5.41, 5.74) is -0.287. The van der Waals surface area contributed by atoms with E-state index in [4.69, 9.17) is 4.74 Å². The lowest BCUT2D eigenvalue weighted by Crippen LogP contribution is -2.47. The number of hydrogen-bond acceptors (Lipinski definition) is 5. The predicted molar refractivity (Wildman–Crippen MR) is 114 cm³/mol. The molecule has 0 aromatic heterocycles. The minimum atomic E-state index is -0.839. The first-order chi connectivity index (χ1) is 13.9. The van der Waals surface area contributed by atoms with Gasteiger partial charge in [-0.3, -0.25) is 14.5 Å². The van der Waals surface area contributed by atoms with Gasteiger partial charge in [-0.25, -0.2) is 4.79 Å². The third kappa shape index (κ3) is 4.25. The second-order valence-electron chi connectivity index (χ2n) is 6.83. The van der Waals surface area contributed by atoms with Crippen molar-refractivity contribution in [2.45, 2.75) is 12.0 Å². The number of nitrogens with zero attached hydrogens (tertiary/aromatic N) is 1. The SMILES string of the molecule is O=C(CN1C(=O)NC2(CCSC2)C1=O)Nc1ccc(Oc2ccc(Br)cc2)cc1. The van der Waals surface area contributed by atoms with Gasteiger partial charge in [0.25, 0.3) is 5.91 Å². The largest absolute Gasteiger partial charge is 0.457 e. The van der Waals surface area contributed by atoms with Crippen molar-refractivity contribution in [1.29, 1.82) is 0 Å². The molecule has 150 valence electrons. The summed E-state index contributed by atoms with van der Waals surface area (Å²) in [5, 5.41) is 5.46. The molecule has 9 heteroatoms. The van der Waals surface area contributed by atoms with E-state index in [-0.39, 0.29) is 12.5 Å². The summed E-state index contributed by atoms with van der Waals surface area (Å²) < 4.78 is 6.70. The van der Waals surface area contributed by atoms with Crippen molar-refractivity contribution < 1.29 is 19.1 Å². The number of rotatable bonds is 5. The average Bonchev–Trinajstić information content (AvgIpc) is 3.26. The Kier molecular flexibility index (Phi) is 5.51. The van der Waals surface area contributed by atoms with E-state index in [0.29, 0.717) is 29.4 Å². The Hall–Kier alpha value is -2.52. The van der Waals surface area contributed by atoms with Gasteiger partial charge in [0.15, 0.2) is 0 Å². The topological polar surface area (TPSA) is 87.7 Å². The fourth-order valence-electron chi connectivity index (χ4n) is 3.24. The van der Waals surface area contributed by atoms with E-state index < -0.39 is 17.5 Å². The number of nitrogens with one attached hydrogen (secondary N) is 2.